The second-order valence-electron chi connectivity index (χ2n) is 6.39. The fourth-order valence-corrected chi connectivity index (χ4v) is 4.00. The maximum Gasteiger partial charge on any atom is 0.185 e. The molecule has 4 rings (SSSR count). The van der Waals surface area contributed by atoms with Crippen molar-refractivity contribution in [2.24, 2.45) is 5.92 Å². The van der Waals surface area contributed by atoms with Crippen molar-refractivity contribution < 1.29 is 14.3 Å². The normalized spacial score (nSPS) is 22.8. The van der Waals surface area contributed by atoms with Gasteiger partial charge in [-0.05, 0) is 61.1 Å². The van der Waals surface area contributed by atoms with Crippen molar-refractivity contribution >= 4 is 17.1 Å². The van der Waals surface area contributed by atoms with Crippen LogP contribution in [0.15, 0.2) is 47.1 Å². The van der Waals surface area contributed by atoms with E-state index in [1.165, 1.54) is 22.8 Å². The molecule has 3 aliphatic rings. The summed E-state index contributed by atoms with van der Waals surface area (Å²) in [7, 11) is 1.67. The number of hydrogen-bond acceptors (Lipinski definition) is 3. The first kappa shape index (κ1) is 14.2. The molecule has 0 saturated heterocycles. The summed E-state index contributed by atoms with van der Waals surface area (Å²) >= 11 is 0. The van der Waals surface area contributed by atoms with Crippen LogP contribution in [0.25, 0.3) is 5.57 Å². The van der Waals surface area contributed by atoms with Crippen LogP contribution in [0, 0.1) is 5.92 Å². The number of aryl methyl sites for hydroxylation is 1. The zero-order valence-electron chi connectivity index (χ0n) is 13.3. The molecule has 116 valence electrons. The van der Waals surface area contributed by atoms with Gasteiger partial charge >= 0.3 is 0 Å². The molecule has 0 unspecified atom stereocenters. The van der Waals surface area contributed by atoms with E-state index in [2.05, 4.69) is 18.2 Å². The Morgan fingerprint density at radius 2 is 2.04 bits per heavy atom. The Morgan fingerprint density at radius 3 is 2.83 bits per heavy atom. The molecule has 0 fully saturated rings. The van der Waals surface area contributed by atoms with Crippen LogP contribution in [-0.4, -0.2) is 18.7 Å². The molecule has 3 heteroatoms. The average molecular weight is 306 g/mol. The number of Topliss-reactive ketones (excluding diaryl/α,β-unsaturated/α-hetero) is 1. The maximum absolute atomic E-state index is 12.6. The summed E-state index contributed by atoms with van der Waals surface area (Å²) in [6.45, 7) is 1.74. The lowest BCUT2D eigenvalue weighted by molar-refractivity contribution is -0.116. The van der Waals surface area contributed by atoms with Crippen LogP contribution >= 0.6 is 0 Å². The van der Waals surface area contributed by atoms with Gasteiger partial charge in [0.2, 0.25) is 0 Å². The molecule has 1 aromatic rings. The first-order valence-corrected chi connectivity index (χ1v) is 7.98. The quantitative estimate of drug-likeness (QED) is 0.747. The number of allylic oxidation sites excluding steroid dienone is 6. The van der Waals surface area contributed by atoms with Gasteiger partial charge < -0.3 is 4.74 Å². The van der Waals surface area contributed by atoms with E-state index in [1.807, 2.05) is 6.07 Å². The SMILES string of the molecule is COc1ccc2c(c1)CC[C@@H]1C2=CCC2=C1C(=O)C(C)=CC2=O. The van der Waals surface area contributed by atoms with E-state index in [-0.39, 0.29) is 17.5 Å². The topological polar surface area (TPSA) is 43.4 Å². The van der Waals surface area contributed by atoms with Crippen molar-refractivity contribution in [1.29, 1.82) is 0 Å². The Labute approximate surface area is 135 Å². The van der Waals surface area contributed by atoms with Crippen LogP contribution in [0.2, 0.25) is 0 Å². The van der Waals surface area contributed by atoms with E-state index in [4.69, 9.17) is 4.74 Å². The van der Waals surface area contributed by atoms with Crippen molar-refractivity contribution in [2.45, 2.75) is 26.2 Å². The Hall–Kier alpha value is -2.42. The summed E-state index contributed by atoms with van der Waals surface area (Å²) in [5.74, 6) is 0.973. The second kappa shape index (κ2) is 5.05. The number of benzene rings is 1. The van der Waals surface area contributed by atoms with Crippen molar-refractivity contribution in [3.05, 3.63) is 58.2 Å². The van der Waals surface area contributed by atoms with Crippen LogP contribution < -0.4 is 4.74 Å². The second-order valence-corrected chi connectivity index (χ2v) is 6.39. The van der Waals surface area contributed by atoms with E-state index in [0.717, 1.165) is 24.2 Å². The van der Waals surface area contributed by atoms with Crippen LogP contribution in [0.1, 0.15) is 30.9 Å². The number of fused-ring (bicyclic) bond motifs is 4. The third kappa shape index (κ3) is 2.03. The van der Waals surface area contributed by atoms with E-state index in [0.29, 0.717) is 17.6 Å². The number of carbonyl (C=O) groups is 2. The summed E-state index contributed by atoms with van der Waals surface area (Å²) in [6.07, 6.45) is 5.95. The van der Waals surface area contributed by atoms with E-state index >= 15 is 0 Å². The minimum absolute atomic E-state index is 0.00734. The van der Waals surface area contributed by atoms with Gasteiger partial charge in [-0.15, -0.1) is 0 Å². The first-order chi connectivity index (χ1) is 11.1. The largest absolute Gasteiger partial charge is 0.497 e. The summed E-state index contributed by atoms with van der Waals surface area (Å²) < 4.78 is 5.31. The molecule has 0 aromatic heterocycles. The molecule has 0 N–H and O–H groups in total. The predicted molar refractivity (Wildman–Crippen MR) is 88.2 cm³/mol. The number of methoxy groups -OCH3 is 1. The molecule has 0 amide bonds. The highest BCUT2D eigenvalue weighted by Gasteiger charge is 2.38. The zero-order valence-corrected chi connectivity index (χ0v) is 13.3. The summed E-state index contributed by atoms with van der Waals surface area (Å²) in [5, 5.41) is 0. The molecule has 23 heavy (non-hydrogen) atoms. The van der Waals surface area contributed by atoms with E-state index < -0.39 is 0 Å². The molecule has 1 atom stereocenters. The molecule has 0 radical (unpaired) electrons. The van der Waals surface area contributed by atoms with Gasteiger partial charge in [0.25, 0.3) is 0 Å². The lowest BCUT2D eigenvalue weighted by Crippen LogP contribution is -2.29. The van der Waals surface area contributed by atoms with Gasteiger partial charge in [-0.1, -0.05) is 12.1 Å². The van der Waals surface area contributed by atoms with Gasteiger partial charge in [0, 0.05) is 22.6 Å². The van der Waals surface area contributed by atoms with E-state index in [1.54, 1.807) is 14.0 Å². The minimum Gasteiger partial charge on any atom is -0.497 e. The number of rotatable bonds is 1. The zero-order chi connectivity index (χ0) is 16.1. The van der Waals surface area contributed by atoms with E-state index in [9.17, 15) is 9.59 Å². The molecule has 3 aliphatic carbocycles. The van der Waals surface area contributed by atoms with Gasteiger partial charge in [0.1, 0.15) is 5.75 Å². The average Bonchev–Trinajstić information content (AvgIpc) is 2.58. The molecule has 0 heterocycles. The molecule has 0 spiro atoms. The van der Waals surface area contributed by atoms with Gasteiger partial charge in [0.15, 0.2) is 11.6 Å². The molecule has 0 aliphatic heterocycles. The Kier molecular flexibility index (Phi) is 3.12. The highest BCUT2D eigenvalue weighted by molar-refractivity contribution is 6.24. The summed E-state index contributed by atoms with van der Waals surface area (Å²) in [5.41, 5.74) is 5.66. The monoisotopic (exact) mass is 306 g/mol. The van der Waals surface area contributed by atoms with Crippen LogP contribution in [0.4, 0.5) is 0 Å². The molecule has 0 saturated carbocycles. The van der Waals surface area contributed by atoms with Gasteiger partial charge in [-0.3, -0.25) is 9.59 Å². The smallest absolute Gasteiger partial charge is 0.185 e. The van der Waals surface area contributed by atoms with Crippen molar-refractivity contribution in [3.8, 4) is 5.75 Å². The number of hydrogen-bond donors (Lipinski definition) is 0. The van der Waals surface area contributed by atoms with Gasteiger partial charge in [-0.25, -0.2) is 0 Å². The predicted octanol–water partition coefficient (Wildman–Crippen LogP) is 3.44. The lowest BCUT2D eigenvalue weighted by atomic mass is 9.68. The number of ketones is 2. The van der Waals surface area contributed by atoms with Crippen LogP contribution in [0.5, 0.6) is 5.75 Å². The number of carbonyl (C=O) groups excluding carboxylic acids is 2. The fraction of sp³-hybridized carbons (Fsp3) is 0.300. The fourth-order valence-electron chi connectivity index (χ4n) is 4.00. The summed E-state index contributed by atoms with van der Waals surface area (Å²) in [6, 6.07) is 6.12. The Bertz CT molecular complexity index is 836. The lowest BCUT2D eigenvalue weighted by Gasteiger charge is -2.35. The van der Waals surface area contributed by atoms with Crippen molar-refractivity contribution in [1.82, 2.24) is 0 Å². The minimum atomic E-state index is 0.00734. The third-order valence-corrected chi connectivity index (χ3v) is 5.15. The number of ether oxygens (including phenoxy) is 1. The molecule has 0 bridgehead atoms. The first-order valence-electron chi connectivity index (χ1n) is 7.98. The summed E-state index contributed by atoms with van der Waals surface area (Å²) in [4.78, 5) is 24.9. The molecular formula is C20H18O3. The van der Waals surface area contributed by atoms with Crippen molar-refractivity contribution in [2.75, 3.05) is 7.11 Å². The van der Waals surface area contributed by atoms with Gasteiger partial charge in [0.05, 0.1) is 7.11 Å². The van der Waals surface area contributed by atoms with Crippen molar-refractivity contribution in [3.63, 3.8) is 0 Å². The highest BCUT2D eigenvalue weighted by Crippen LogP contribution is 2.46. The molecule has 1 aromatic carbocycles. The highest BCUT2D eigenvalue weighted by atomic mass is 16.5. The molecule has 3 nitrogen and oxygen atoms in total. The third-order valence-electron chi connectivity index (χ3n) is 5.15. The molecular weight excluding hydrogens is 288 g/mol. The van der Waals surface area contributed by atoms with Gasteiger partial charge in [-0.2, -0.15) is 0 Å². The van der Waals surface area contributed by atoms with Crippen LogP contribution in [0.3, 0.4) is 0 Å². The Balaban J connectivity index is 1.80. The van der Waals surface area contributed by atoms with Crippen LogP contribution in [-0.2, 0) is 16.0 Å². The standard InChI is InChI=1S/C20H18O3/c1-11-9-18(21)17-8-7-15-14-6-4-13(23-2)10-12(14)3-5-16(15)19(17)20(11)22/h4,6-7,9-10,16H,3,5,8H2,1-2H3/t16-/m1/s1. The maximum atomic E-state index is 12.6. The Morgan fingerprint density at radius 1 is 1.22 bits per heavy atom.